The Hall–Kier alpha value is -2.24. The third kappa shape index (κ3) is 4.19. The molecule has 1 aliphatic heterocycles. The lowest BCUT2D eigenvalue weighted by molar-refractivity contribution is 0.0162. The highest BCUT2D eigenvalue weighted by Crippen LogP contribution is 2.21. The zero-order valence-corrected chi connectivity index (χ0v) is 13.9. The lowest BCUT2D eigenvalue weighted by Crippen LogP contribution is -2.43. The Bertz CT molecular complexity index is 652. The highest BCUT2D eigenvalue weighted by atomic mass is 16.5. The first-order valence-electron chi connectivity index (χ1n) is 8.31. The van der Waals surface area contributed by atoms with Crippen molar-refractivity contribution >= 4 is 5.91 Å². The van der Waals surface area contributed by atoms with Gasteiger partial charge in [-0.3, -0.25) is 14.7 Å². The zero-order chi connectivity index (χ0) is 16.8. The number of morpholine rings is 1. The van der Waals surface area contributed by atoms with Gasteiger partial charge in [0.15, 0.2) is 0 Å². The lowest BCUT2D eigenvalue weighted by atomic mass is 10.0. The topological polar surface area (TPSA) is 54.5 Å². The number of rotatable bonds is 5. The molecule has 2 aromatic rings. The van der Waals surface area contributed by atoms with Crippen LogP contribution in [0.4, 0.5) is 0 Å². The number of hydrogen-bond donors (Lipinski definition) is 1. The number of ether oxygens (including phenoxy) is 1. The van der Waals surface area contributed by atoms with Gasteiger partial charge < -0.3 is 10.1 Å². The first-order chi connectivity index (χ1) is 11.7. The number of pyridine rings is 1. The number of nitrogens with one attached hydrogen (secondary N) is 1. The Morgan fingerprint density at radius 2 is 1.96 bits per heavy atom. The van der Waals surface area contributed by atoms with Gasteiger partial charge in [-0.2, -0.15) is 0 Å². The molecule has 126 valence electrons. The molecule has 1 saturated heterocycles. The zero-order valence-electron chi connectivity index (χ0n) is 13.9. The van der Waals surface area contributed by atoms with E-state index in [-0.39, 0.29) is 11.9 Å². The Morgan fingerprint density at radius 1 is 1.21 bits per heavy atom. The Labute approximate surface area is 142 Å². The first-order valence-corrected chi connectivity index (χ1v) is 8.31. The van der Waals surface area contributed by atoms with Gasteiger partial charge in [-0.05, 0) is 24.6 Å². The van der Waals surface area contributed by atoms with Crippen LogP contribution in [0.3, 0.4) is 0 Å². The highest BCUT2D eigenvalue weighted by molar-refractivity contribution is 5.93. The number of aryl methyl sites for hydroxylation is 1. The average molecular weight is 325 g/mol. The predicted octanol–water partition coefficient (Wildman–Crippen LogP) is 2.19. The SMILES string of the molecule is Cc1ccc(C(=O)NCC(c2ccccc2)N2CCOCC2)cn1. The van der Waals surface area contributed by atoms with Gasteiger partial charge in [0.2, 0.25) is 0 Å². The standard InChI is InChI=1S/C19H23N3O2/c1-15-7-8-17(13-20-15)19(23)21-14-18(16-5-3-2-4-6-16)22-9-11-24-12-10-22/h2-8,13,18H,9-12,14H2,1H3,(H,21,23). The van der Waals surface area contributed by atoms with Crippen LogP contribution in [0, 0.1) is 6.92 Å². The summed E-state index contributed by atoms with van der Waals surface area (Å²) >= 11 is 0. The van der Waals surface area contributed by atoms with Crippen molar-refractivity contribution in [1.29, 1.82) is 0 Å². The van der Waals surface area contributed by atoms with Gasteiger partial charge in [0.25, 0.3) is 5.91 Å². The van der Waals surface area contributed by atoms with Crippen LogP contribution < -0.4 is 5.32 Å². The number of carbonyl (C=O) groups is 1. The summed E-state index contributed by atoms with van der Waals surface area (Å²) in [6, 6.07) is 14.1. The van der Waals surface area contributed by atoms with Crippen molar-refractivity contribution in [2.75, 3.05) is 32.8 Å². The molecule has 0 bridgehead atoms. The van der Waals surface area contributed by atoms with Crippen LogP contribution in [0.15, 0.2) is 48.7 Å². The molecule has 5 nitrogen and oxygen atoms in total. The summed E-state index contributed by atoms with van der Waals surface area (Å²) in [6.45, 7) is 5.70. The monoisotopic (exact) mass is 325 g/mol. The summed E-state index contributed by atoms with van der Waals surface area (Å²) in [4.78, 5) is 18.9. The number of benzene rings is 1. The number of hydrogen-bond acceptors (Lipinski definition) is 4. The molecule has 0 radical (unpaired) electrons. The molecule has 1 unspecified atom stereocenters. The van der Waals surface area contributed by atoms with Gasteiger partial charge in [0, 0.05) is 31.5 Å². The van der Waals surface area contributed by atoms with Crippen LogP contribution in [0.2, 0.25) is 0 Å². The van der Waals surface area contributed by atoms with Gasteiger partial charge in [-0.15, -0.1) is 0 Å². The summed E-state index contributed by atoms with van der Waals surface area (Å²) in [5.74, 6) is -0.0864. The van der Waals surface area contributed by atoms with Crippen molar-refractivity contribution in [3.8, 4) is 0 Å². The van der Waals surface area contributed by atoms with Crippen molar-refractivity contribution in [3.63, 3.8) is 0 Å². The molecule has 1 aromatic carbocycles. The molecule has 1 N–H and O–H groups in total. The minimum Gasteiger partial charge on any atom is -0.379 e. The van der Waals surface area contributed by atoms with E-state index in [1.165, 1.54) is 5.56 Å². The summed E-state index contributed by atoms with van der Waals surface area (Å²) in [6.07, 6.45) is 1.62. The molecular weight excluding hydrogens is 302 g/mol. The molecule has 1 aliphatic rings. The predicted molar refractivity (Wildman–Crippen MR) is 92.9 cm³/mol. The van der Waals surface area contributed by atoms with Crippen molar-refractivity contribution in [3.05, 3.63) is 65.5 Å². The van der Waals surface area contributed by atoms with Crippen molar-refractivity contribution in [2.45, 2.75) is 13.0 Å². The van der Waals surface area contributed by atoms with E-state index < -0.39 is 0 Å². The van der Waals surface area contributed by atoms with E-state index in [0.29, 0.717) is 12.1 Å². The van der Waals surface area contributed by atoms with Crippen LogP contribution in [0.5, 0.6) is 0 Å². The van der Waals surface area contributed by atoms with E-state index in [0.717, 1.165) is 32.0 Å². The molecule has 1 atom stereocenters. The average Bonchev–Trinajstić information content (AvgIpc) is 2.64. The molecule has 0 spiro atoms. The summed E-state index contributed by atoms with van der Waals surface area (Å²) in [7, 11) is 0. The first kappa shape index (κ1) is 16.6. The maximum atomic E-state index is 12.4. The second kappa shape index (κ2) is 8.04. The van der Waals surface area contributed by atoms with Crippen molar-refractivity contribution < 1.29 is 9.53 Å². The van der Waals surface area contributed by atoms with E-state index in [9.17, 15) is 4.79 Å². The largest absolute Gasteiger partial charge is 0.379 e. The smallest absolute Gasteiger partial charge is 0.252 e. The molecule has 2 heterocycles. The highest BCUT2D eigenvalue weighted by Gasteiger charge is 2.23. The molecule has 1 amide bonds. The molecule has 1 fully saturated rings. The molecular formula is C19H23N3O2. The van der Waals surface area contributed by atoms with Crippen LogP contribution in [0.25, 0.3) is 0 Å². The number of amides is 1. The van der Waals surface area contributed by atoms with Crippen LogP contribution in [0.1, 0.15) is 27.7 Å². The maximum Gasteiger partial charge on any atom is 0.252 e. The number of nitrogens with zero attached hydrogens (tertiary/aromatic N) is 2. The molecule has 3 rings (SSSR count). The Morgan fingerprint density at radius 3 is 2.62 bits per heavy atom. The fourth-order valence-corrected chi connectivity index (χ4v) is 2.92. The van der Waals surface area contributed by atoms with E-state index >= 15 is 0 Å². The second-order valence-corrected chi connectivity index (χ2v) is 5.97. The molecule has 1 aromatic heterocycles. The number of aromatic nitrogens is 1. The molecule has 5 heteroatoms. The third-order valence-corrected chi connectivity index (χ3v) is 4.30. The fourth-order valence-electron chi connectivity index (χ4n) is 2.92. The fraction of sp³-hybridized carbons (Fsp3) is 0.368. The Balaban J connectivity index is 1.69. The van der Waals surface area contributed by atoms with Gasteiger partial charge in [0.05, 0.1) is 24.8 Å². The van der Waals surface area contributed by atoms with Crippen LogP contribution in [-0.4, -0.2) is 48.6 Å². The minimum absolute atomic E-state index is 0.0864. The van der Waals surface area contributed by atoms with E-state index in [4.69, 9.17) is 4.74 Å². The summed E-state index contributed by atoms with van der Waals surface area (Å²) in [5.41, 5.74) is 2.71. The normalized spacial score (nSPS) is 16.5. The van der Waals surface area contributed by atoms with Gasteiger partial charge in [0.1, 0.15) is 0 Å². The third-order valence-electron chi connectivity index (χ3n) is 4.30. The van der Waals surface area contributed by atoms with E-state index in [1.807, 2.05) is 37.3 Å². The van der Waals surface area contributed by atoms with E-state index in [2.05, 4.69) is 27.3 Å². The second-order valence-electron chi connectivity index (χ2n) is 5.97. The summed E-state index contributed by atoms with van der Waals surface area (Å²) < 4.78 is 5.45. The van der Waals surface area contributed by atoms with Crippen molar-refractivity contribution in [2.24, 2.45) is 0 Å². The molecule has 0 aliphatic carbocycles. The maximum absolute atomic E-state index is 12.4. The van der Waals surface area contributed by atoms with Crippen molar-refractivity contribution in [1.82, 2.24) is 15.2 Å². The van der Waals surface area contributed by atoms with Gasteiger partial charge in [-0.1, -0.05) is 30.3 Å². The minimum atomic E-state index is -0.0864. The van der Waals surface area contributed by atoms with Crippen LogP contribution in [-0.2, 0) is 4.74 Å². The van der Waals surface area contributed by atoms with E-state index in [1.54, 1.807) is 6.20 Å². The Kier molecular flexibility index (Phi) is 5.56. The lowest BCUT2D eigenvalue weighted by Gasteiger charge is -2.34. The summed E-state index contributed by atoms with van der Waals surface area (Å²) in [5, 5.41) is 3.05. The molecule has 24 heavy (non-hydrogen) atoms. The molecule has 0 saturated carbocycles. The van der Waals surface area contributed by atoms with Gasteiger partial charge >= 0.3 is 0 Å². The number of carbonyl (C=O) groups excluding carboxylic acids is 1. The van der Waals surface area contributed by atoms with Gasteiger partial charge in [-0.25, -0.2) is 0 Å². The quantitative estimate of drug-likeness (QED) is 0.916. The van der Waals surface area contributed by atoms with Crippen LogP contribution >= 0.6 is 0 Å².